The van der Waals surface area contributed by atoms with Gasteiger partial charge in [-0.15, -0.1) is 0 Å². The van der Waals surface area contributed by atoms with Crippen LogP contribution in [0.15, 0.2) is 102 Å². The van der Waals surface area contributed by atoms with Crippen molar-refractivity contribution < 1.29 is 9.47 Å². The Bertz CT molecular complexity index is 1550. The van der Waals surface area contributed by atoms with E-state index in [0.717, 1.165) is 22.4 Å². The number of ether oxygens (including phenoxy) is 2. The Morgan fingerprint density at radius 3 is 2.42 bits per heavy atom. The summed E-state index contributed by atoms with van der Waals surface area (Å²) in [5.41, 5.74) is 3.45. The SMILES string of the molecule is COc1ccc(CCn2c(-c3cccc(OCc4ccccc4)c3)nc3cc(Cl)ccc3c2=O)cc1. The first-order chi connectivity index (χ1) is 17.6. The lowest BCUT2D eigenvalue weighted by atomic mass is 10.1. The third kappa shape index (κ3) is 5.26. The minimum absolute atomic E-state index is 0.101. The van der Waals surface area contributed by atoms with Gasteiger partial charge in [0.1, 0.15) is 23.9 Å². The van der Waals surface area contributed by atoms with E-state index in [4.69, 9.17) is 26.1 Å². The van der Waals surface area contributed by atoms with Crippen molar-refractivity contribution >= 4 is 22.5 Å². The van der Waals surface area contributed by atoms with Crippen molar-refractivity contribution in [3.05, 3.63) is 124 Å². The molecular weight excluding hydrogens is 472 g/mol. The van der Waals surface area contributed by atoms with Gasteiger partial charge in [-0.05, 0) is 60.0 Å². The van der Waals surface area contributed by atoms with Gasteiger partial charge in [-0.1, -0.05) is 66.2 Å². The highest BCUT2D eigenvalue weighted by Gasteiger charge is 2.14. The van der Waals surface area contributed by atoms with E-state index in [2.05, 4.69) is 0 Å². The molecule has 0 unspecified atom stereocenters. The molecule has 0 radical (unpaired) electrons. The molecule has 0 fully saturated rings. The van der Waals surface area contributed by atoms with Gasteiger partial charge in [0, 0.05) is 17.1 Å². The molecule has 5 aromatic rings. The maximum Gasteiger partial charge on any atom is 0.261 e. The highest BCUT2D eigenvalue weighted by Crippen LogP contribution is 2.25. The number of halogens is 1. The normalized spacial score (nSPS) is 10.9. The number of benzene rings is 4. The predicted molar refractivity (Wildman–Crippen MR) is 144 cm³/mol. The molecule has 1 heterocycles. The monoisotopic (exact) mass is 496 g/mol. The van der Waals surface area contributed by atoms with Crippen molar-refractivity contribution in [3.63, 3.8) is 0 Å². The van der Waals surface area contributed by atoms with E-state index in [-0.39, 0.29) is 5.56 Å². The third-order valence-corrected chi connectivity index (χ3v) is 6.28. The van der Waals surface area contributed by atoms with Gasteiger partial charge in [-0.3, -0.25) is 9.36 Å². The standard InChI is InChI=1S/C30H25ClN2O3/c1-35-25-13-10-21(11-14-25)16-17-33-29(32-28-19-24(31)12-15-27(28)30(33)34)23-8-5-9-26(18-23)36-20-22-6-3-2-4-7-22/h2-15,18-19H,16-17,20H2,1H3. The summed E-state index contributed by atoms with van der Waals surface area (Å²) in [5, 5.41) is 1.07. The summed E-state index contributed by atoms with van der Waals surface area (Å²) < 4.78 is 13.0. The first-order valence-corrected chi connectivity index (χ1v) is 12.1. The van der Waals surface area contributed by atoms with Crippen molar-refractivity contribution in [2.45, 2.75) is 19.6 Å². The Kier molecular flexibility index (Phi) is 7.01. The molecule has 5 nitrogen and oxygen atoms in total. The third-order valence-electron chi connectivity index (χ3n) is 6.04. The van der Waals surface area contributed by atoms with Crippen molar-refractivity contribution in [2.75, 3.05) is 7.11 Å². The number of aryl methyl sites for hydroxylation is 1. The van der Waals surface area contributed by atoms with Crippen LogP contribution in [0, 0.1) is 0 Å². The number of fused-ring (bicyclic) bond motifs is 1. The van der Waals surface area contributed by atoms with Gasteiger partial charge in [0.05, 0.1) is 18.0 Å². The van der Waals surface area contributed by atoms with E-state index in [1.165, 1.54) is 0 Å². The Labute approximate surface area is 214 Å². The lowest BCUT2D eigenvalue weighted by Gasteiger charge is -2.15. The number of hydrogen-bond donors (Lipinski definition) is 0. The summed E-state index contributed by atoms with van der Waals surface area (Å²) in [6, 6.07) is 30.7. The zero-order chi connectivity index (χ0) is 24.9. The van der Waals surface area contributed by atoms with Crippen molar-refractivity contribution in [3.8, 4) is 22.9 Å². The van der Waals surface area contributed by atoms with Crippen LogP contribution in [0.2, 0.25) is 5.02 Å². The van der Waals surface area contributed by atoms with E-state index in [1.54, 1.807) is 29.9 Å². The maximum atomic E-state index is 13.6. The van der Waals surface area contributed by atoms with Gasteiger partial charge in [0.2, 0.25) is 0 Å². The van der Waals surface area contributed by atoms with E-state index < -0.39 is 0 Å². The van der Waals surface area contributed by atoms with E-state index >= 15 is 0 Å². The van der Waals surface area contributed by atoms with E-state index in [9.17, 15) is 4.79 Å². The molecule has 180 valence electrons. The van der Waals surface area contributed by atoms with E-state index in [0.29, 0.717) is 47.1 Å². The smallest absolute Gasteiger partial charge is 0.261 e. The highest BCUT2D eigenvalue weighted by atomic mass is 35.5. The molecule has 0 aliphatic carbocycles. The lowest BCUT2D eigenvalue weighted by Crippen LogP contribution is -2.24. The first-order valence-electron chi connectivity index (χ1n) is 11.7. The largest absolute Gasteiger partial charge is 0.497 e. The molecule has 0 N–H and O–H groups in total. The molecule has 36 heavy (non-hydrogen) atoms. The second kappa shape index (κ2) is 10.7. The Morgan fingerprint density at radius 1 is 0.833 bits per heavy atom. The van der Waals surface area contributed by atoms with Crippen molar-refractivity contribution in [2.24, 2.45) is 0 Å². The van der Waals surface area contributed by atoms with Crippen LogP contribution in [0.5, 0.6) is 11.5 Å². The van der Waals surface area contributed by atoms with Gasteiger partial charge < -0.3 is 9.47 Å². The fourth-order valence-corrected chi connectivity index (χ4v) is 4.29. The van der Waals surface area contributed by atoms with Gasteiger partial charge in [-0.25, -0.2) is 4.98 Å². The molecule has 0 amide bonds. The maximum absolute atomic E-state index is 13.6. The number of rotatable bonds is 8. The summed E-state index contributed by atoms with van der Waals surface area (Å²) in [6.07, 6.45) is 0.669. The fourth-order valence-electron chi connectivity index (χ4n) is 4.12. The second-order valence-electron chi connectivity index (χ2n) is 8.45. The van der Waals surface area contributed by atoms with Crippen molar-refractivity contribution in [1.29, 1.82) is 0 Å². The minimum atomic E-state index is -0.101. The quantitative estimate of drug-likeness (QED) is 0.244. The Balaban J connectivity index is 1.51. The highest BCUT2D eigenvalue weighted by molar-refractivity contribution is 6.31. The van der Waals surface area contributed by atoms with Gasteiger partial charge in [-0.2, -0.15) is 0 Å². The minimum Gasteiger partial charge on any atom is -0.497 e. The fraction of sp³-hybridized carbons (Fsp3) is 0.133. The molecule has 5 rings (SSSR count). The number of hydrogen-bond acceptors (Lipinski definition) is 4. The number of aromatic nitrogens is 2. The van der Waals surface area contributed by atoms with Gasteiger partial charge in [0.15, 0.2) is 0 Å². The number of nitrogens with zero attached hydrogens (tertiary/aromatic N) is 2. The average molecular weight is 497 g/mol. The second-order valence-corrected chi connectivity index (χ2v) is 8.89. The average Bonchev–Trinajstić information content (AvgIpc) is 2.92. The van der Waals surface area contributed by atoms with Crippen LogP contribution < -0.4 is 15.0 Å². The van der Waals surface area contributed by atoms with Gasteiger partial charge >= 0.3 is 0 Å². The van der Waals surface area contributed by atoms with Crippen molar-refractivity contribution in [1.82, 2.24) is 9.55 Å². The summed E-state index contributed by atoms with van der Waals surface area (Å²) in [5.74, 6) is 2.08. The molecule has 0 atom stereocenters. The topological polar surface area (TPSA) is 53.4 Å². The number of methoxy groups -OCH3 is 1. The summed E-state index contributed by atoms with van der Waals surface area (Å²) >= 11 is 6.22. The van der Waals surface area contributed by atoms with E-state index in [1.807, 2.05) is 78.9 Å². The predicted octanol–water partition coefficient (Wildman–Crippen LogP) is 6.55. The molecule has 0 aliphatic rings. The Hall–Kier alpha value is -4.09. The van der Waals surface area contributed by atoms with Crippen LogP contribution in [0.25, 0.3) is 22.3 Å². The van der Waals surface area contributed by atoms with Crippen LogP contribution in [-0.2, 0) is 19.6 Å². The molecule has 0 aliphatic heterocycles. The zero-order valence-electron chi connectivity index (χ0n) is 19.9. The molecular formula is C30H25ClN2O3. The Morgan fingerprint density at radius 2 is 1.64 bits per heavy atom. The lowest BCUT2D eigenvalue weighted by molar-refractivity contribution is 0.306. The molecule has 0 bridgehead atoms. The van der Waals surface area contributed by atoms with Crippen LogP contribution >= 0.6 is 11.6 Å². The summed E-state index contributed by atoms with van der Waals surface area (Å²) in [6.45, 7) is 0.927. The summed E-state index contributed by atoms with van der Waals surface area (Å²) in [4.78, 5) is 18.4. The van der Waals surface area contributed by atoms with Crippen LogP contribution in [-0.4, -0.2) is 16.7 Å². The molecule has 6 heteroatoms. The molecule has 0 saturated heterocycles. The first kappa shape index (κ1) is 23.6. The zero-order valence-corrected chi connectivity index (χ0v) is 20.6. The van der Waals surface area contributed by atoms with Crippen LogP contribution in [0.3, 0.4) is 0 Å². The molecule has 0 saturated carbocycles. The molecule has 0 spiro atoms. The van der Waals surface area contributed by atoms with Crippen LogP contribution in [0.1, 0.15) is 11.1 Å². The molecule has 4 aromatic carbocycles. The van der Waals surface area contributed by atoms with Crippen LogP contribution in [0.4, 0.5) is 0 Å². The van der Waals surface area contributed by atoms with Gasteiger partial charge in [0.25, 0.3) is 5.56 Å². The summed E-state index contributed by atoms with van der Waals surface area (Å²) in [7, 11) is 1.64. The molecule has 1 aromatic heterocycles.